The summed E-state index contributed by atoms with van der Waals surface area (Å²) in [4.78, 5) is 12.9. The zero-order valence-corrected chi connectivity index (χ0v) is 13.1. The van der Waals surface area contributed by atoms with Gasteiger partial charge >= 0.3 is 5.97 Å². The Morgan fingerprint density at radius 2 is 1.68 bits per heavy atom. The molecule has 1 aliphatic rings. The highest BCUT2D eigenvalue weighted by atomic mass is 32.2. The summed E-state index contributed by atoms with van der Waals surface area (Å²) in [5.74, 6) is -0.482. The van der Waals surface area contributed by atoms with Crippen molar-refractivity contribution >= 4 is 27.0 Å². The molecule has 0 saturated carbocycles. The fraction of sp³-hybridized carbons (Fsp3) is 0.118. The number of hydrogen-bond donors (Lipinski definition) is 0. The molecule has 0 aliphatic carbocycles. The molecule has 2 aromatic carbocycles. The Balaban J connectivity index is 2.41. The first-order valence-electron chi connectivity index (χ1n) is 6.74. The van der Waals surface area contributed by atoms with Gasteiger partial charge in [-0.2, -0.15) is 4.36 Å². The molecule has 0 aromatic heterocycles. The topological polar surface area (TPSA) is 55.7 Å². The van der Waals surface area contributed by atoms with Gasteiger partial charge in [0.15, 0.2) is 0 Å². The minimum atomic E-state index is -2.60. The Morgan fingerprint density at radius 1 is 1.05 bits per heavy atom. The second kappa shape index (κ2) is 5.42. The molecule has 0 fully saturated rings. The number of benzene rings is 2. The van der Waals surface area contributed by atoms with E-state index in [4.69, 9.17) is 4.74 Å². The number of methoxy groups -OCH3 is 1. The molecule has 3 rings (SSSR count). The second-order valence-electron chi connectivity index (χ2n) is 4.97. The van der Waals surface area contributed by atoms with Crippen LogP contribution in [0.25, 0.3) is 11.3 Å². The van der Waals surface area contributed by atoms with Crippen molar-refractivity contribution in [1.29, 1.82) is 0 Å². The van der Waals surface area contributed by atoms with Crippen LogP contribution in [0, 0.1) is 0 Å². The van der Waals surface area contributed by atoms with Gasteiger partial charge in [0, 0.05) is 17.4 Å². The van der Waals surface area contributed by atoms with Crippen molar-refractivity contribution in [1.82, 2.24) is 0 Å². The highest BCUT2D eigenvalue weighted by molar-refractivity contribution is 7.93. The van der Waals surface area contributed by atoms with Crippen molar-refractivity contribution in [3.8, 4) is 0 Å². The summed E-state index contributed by atoms with van der Waals surface area (Å²) in [7, 11) is -1.27. The van der Waals surface area contributed by atoms with Crippen molar-refractivity contribution in [3.63, 3.8) is 0 Å². The number of rotatable bonds is 2. The van der Waals surface area contributed by atoms with Crippen LogP contribution in [0.5, 0.6) is 0 Å². The first-order chi connectivity index (χ1) is 10.5. The van der Waals surface area contributed by atoms with Crippen LogP contribution in [-0.2, 0) is 19.3 Å². The van der Waals surface area contributed by atoms with Gasteiger partial charge in [-0.05, 0) is 6.07 Å². The summed E-state index contributed by atoms with van der Waals surface area (Å²) in [6.45, 7) is 0. The summed E-state index contributed by atoms with van der Waals surface area (Å²) >= 11 is 0. The Morgan fingerprint density at radius 3 is 2.36 bits per heavy atom. The van der Waals surface area contributed by atoms with E-state index < -0.39 is 15.7 Å². The van der Waals surface area contributed by atoms with Crippen LogP contribution in [0.4, 0.5) is 0 Å². The van der Waals surface area contributed by atoms with Gasteiger partial charge in [-0.1, -0.05) is 48.5 Å². The predicted molar refractivity (Wildman–Crippen MR) is 86.5 cm³/mol. The number of carbonyl (C=O) groups is 1. The van der Waals surface area contributed by atoms with Gasteiger partial charge in [0.25, 0.3) is 0 Å². The molecule has 0 spiro atoms. The maximum Gasteiger partial charge on any atom is 0.340 e. The lowest BCUT2D eigenvalue weighted by molar-refractivity contribution is -0.133. The molecule has 4 nitrogen and oxygen atoms in total. The smallest absolute Gasteiger partial charge is 0.340 e. The lowest BCUT2D eigenvalue weighted by Gasteiger charge is -2.20. The molecule has 2 aromatic rings. The lowest BCUT2D eigenvalue weighted by atomic mass is 9.99. The van der Waals surface area contributed by atoms with Crippen LogP contribution in [0.1, 0.15) is 11.1 Å². The summed E-state index contributed by atoms with van der Waals surface area (Å²) in [5.41, 5.74) is 2.13. The molecule has 5 heteroatoms. The minimum Gasteiger partial charge on any atom is -0.465 e. The van der Waals surface area contributed by atoms with E-state index in [0.717, 1.165) is 5.56 Å². The van der Waals surface area contributed by atoms with Gasteiger partial charge in [0.1, 0.15) is 0 Å². The van der Waals surface area contributed by atoms with E-state index in [9.17, 15) is 9.00 Å². The fourth-order valence-corrected chi connectivity index (χ4v) is 4.05. The van der Waals surface area contributed by atoms with Gasteiger partial charge in [-0.25, -0.2) is 9.00 Å². The Bertz CT molecular complexity index is 891. The Hall–Kier alpha value is -2.40. The van der Waals surface area contributed by atoms with Gasteiger partial charge in [-0.3, -0.25) is 0 Å². The maximum absolute atomic E-state index is 12.9. The molecular formula is C17H15NO3S. The average Bonchev–Trinajstić information content (AvgIpc) is 2.54. The summed E-state index contributed by atoms with van der Waals surface area (Å²) in [6, 6.07) is 16.4. The highest BCUT2D eigenvalue weighted by Crippen LogP contribution is 2.38. The number of ether oxygens (including phenoxy) is 1. The van der Waals surface area contributed by atoms with Crippen LogP contribution in [-0.4, -0.2) is 23.5 Å². The normalized spacial score (nSPS) is 20.1. The summed E-state index contributed by atoms with van der Waals surface area (Å²) < 4.78 is 22.2. The zero-order valence-electron chi connectivity index (χ0n) is 12.3. The Kier molecular flexibility index (Phi) is 3.58. The van der Waals surface area contributed by atoms with Crippen LogP contribution in [0.15, 0.2) is 63.9 Å². The molecule has 22 heavy (non-hydrogen) atoms. The third-order valence-electron chi connectivity index (χ3n) is 3.50. The van der Waals surface area contributed by atoms with Gasteiger partial charge in [-0.15, -0.1) is 0 Å². The predicted octanol–water partition coefficient (Wildman–Crippen LogP) is 3.20. The van der Waals surface area contributed by atoms with Gasteiger partial charge in [0.2, 0.25) is 0 Å². The molecule has 0 N–H and O–H groups in total. The van der Waals surface area contributed by atoms with Crippen LogP contribution in [0.2, 0.25) is 0 Å². The van der Waals surface area contributed by atoms with E-state index in [0.29, 0.717) is 21.7 Å². The molecule has 0 amide bonds. The standard InChI is InChI=1S/C17H15NO3S/c1-21-17(19)15-13-10-6-7-11-14(13)22(2,20)18-16(15)12-8-4-3-5-9-12/h3-11H,1-2H3. The number of hydrogen-bond acceptors (Lipinski definition) is 4. The van der Waals surface area contributed by atoms with E-state index >= 15 is 0 Å². The lowest BCUT2D eigenvalue weighted by Crippen LogP contribution is -2.14. The molecular weight excluding hydrogens is 298 g/mol. The van der Waals surface area contributed by atoms with Crippen LogP contribution in [0.3, 0.4) is 0 Å². The average molecular weight is 313 g/mol. The molecule has 0 saturated heterocycles. The monoisotopic (exact) mass is 313 g/mol. The fourth-order valence-electron chi connectivity index (χ4n) is 2.50. The van der Waals surface area contributed by atoms with E-state index in [2.05, 4.69) is 4.36 Å². The molecule has 1 aliphatic heterocycles. The van der Waals surface area contributed by atoms with Crippen molar-refractivity contribution in [2.75, 3.05) is 13.4 Å². The molecule has 112 valence electrons. The van der Waals surface area contributed by atoms with Crippen molar-refractivity contribution in [3.05, 3.63) is 65.7 Å². The van der Waals surface area contributed by atoms with Gasteiger partial charge < -0.3 is 4.74 Å². The quantitative estimate of drug-likeness (QED) is 0.800. The molecule has 0 bridgehead atoms. The highest BCUT2D eigenvalue weighted by Gasteiger charge is 2.29. The first-order valence-corrected chi connectivity index (χ1v) is 8.66. The van der Waals surface area contributed by atoms with E-state index in [-0.39, 0.29) is 0 Å². The number of carbonyl (C=O) groups excluding carboxylic acids is 1. The van der Waals surface area contributed by atoms with E-state index in [1.165, 1.54) is 7.11 Å². The number of esters is 1. The third-order valence-corrected chi connectivity index (χ3v) is 5.21. The van der Waals surface area contributed by atoms with E-state index in [1.807, 2.05) is 36.4 Å². The van der Waals surface area contributed by atoms with Crippen molar-refractivity contribution < 1.29 is 13.7 Å². The minimum absolute atomic E-state index is 0.352. The second-order valence-corrected chi connectivity index (χ2v) is 7.20. The number of fused-ring (bicyclic) bond motifs is 1. The maximum atomic E-state index is 12.9. The molecule has 1 unspecified atom stereocenters. The number of nitrogens with zero attached hydrogens (tertiary/aromatic N) is 1. The summed E-state index contributed by atoms with van der Waals surface area (Å²) in [5, 5.41) is 0. The van der Waals surface area contributed by atoms with Crippen molar-refractivity contribution in [2.45, 2.75) is 4.90 Å². The zero-order chi connectivity index (χ0) is 15.7. The largest absolute Gasteiger partial charge is 0.465 e. The molecule has 1 atom stereocenters. The first kappa shape index (κ1) is 14.5. The molecule has 1 heterocycles. The Labute approximate surface area is 129 Å². The van der Waals surface area contributed by atoms with Gasteiger partial charge in [0.05, 0.1) is 33.0 Å². The summed E-state index contributed by atoms with van der Waals surface area (Å²) in [6.07, 6.45) is 1.59. The van der Waals surface area contributed by atoms with E-state index in [1.54, 1.807) is 24.5 Å². The van der Waals surface area contributed by atoms with Crippen molar-refractivity contribution in [2.24, 2.45) is 4.36 Å². The SMILES string of the molecule is COC(=O)C1=C(c2ccccc2)N=S(C)(=O)c2ccccc21. The van der Waals surface area contributed by atoms with Crippen LogP contribution < -0.4 is 0 Å². The molecule has 0 radical (unpaired) electrons. The van der Waals surface area contributed by atoms with Crippen LogP contribution >= 0.6 is 0 Å². The third kappa shape index (κ3) is 2.33.